The molecule has 1 aliphatic rings. The van der Waals surface area contributed by atoms with Crippen LogP contribution >= 0.6 is 11.3 Å². The van der Waals surface area contributed by atoms with Crippen LogP contribution in [0.25, 0.3) is 0 Å². The lowest BCUT2D eigenvalue weighted by molar-refractivity contribution is 0.177. The van der Waals surface area contributed by atoms with Gasteiger partial charge in [0, 0.05) is 17.9 Å². The molecule has 0 aliphatic carbocycles. The van der Waals surface area contributed by atoms with Crippen LogP contribution in [0.1, 0.15) is 43.3 Å². The molecule has 2 N–H and O–H groups in total. The molecule has 1 aromatic heterocycles. The van der Waals surface area contributed by atoms with Crippen LogP contribution in [0.2, 0.25) is 0 Å². The molecule has 2 unspecified atom stereocenters. The lowest BCUT2D eigenvalue weighted by Gasteiger charge is -2.18. The molecule has 84 valence electrons. The SMILES string of the molecule is CCC(C)c1nc(C2(N)CCOC2)cs1. The topological polar surface area (TPSA) is 48.1 Å². The number of nitrogens with two attached hydrogens (primary N) is 1. The maximum atomic E-state index is 6.25. The zero-order valence-corrected chi connectivity index (χ0v) is 10.1. The third-order valence-electron chi connectivity index (χ3n) is 3.12. The highest BCUT2D eigenvalue weighted by molar-refractivity contribution is 7.09. The second-order valence-electron chi connectivity index (χ2n) is 4.34. The van der Waals surface area contributed by atoms with E-state index in [0.29, 0.717) is 12.5 Å². The van der Waals surface area contributed by atoms with Crippen molar-refractivity contribution in [3.8, 4) is 0 Å². The second kappa shape index (κ2) is 4.20. The average Bonchev–Trinajstić information content (AvgIpc) is 2.85. The van der Waals surface area contributed by atoms with Crippen molar-refractivity contribution < 1.29 is 4.74 Å². The van der Waals surface area contributed by atoms with Crippen LogP contribution in [-0.4, -0.2) is 18.2 Å². The Balaban J connectivity index is 2.19. The Morgan fingerprint density at radius 1 is 1.73 bits per heavy atom. The minimum atomic E-state index is -0.331. The van der Waals surface area contributed by atoms with Gasteiger partial charge in [0.05, 0.1) is 22.8 Å². The summed E-state index contributed by atoms with van der Waals surface area (Å²) < 4.78 is 5.35. The van der Waals surface area contributed by atoms with E-state index >= 15 is 0 Å². The molecule has 3 nitrogen and oxygen atoms in total. The van der Waals surface area contributed by atoms with Crippen LogP contribution in [0, 0.1) is 0 Å². The third-order valence-corrected chi connectivity index (χ3v) is 4.19. The van der Waals surface area contributed by atoms with Gasteiger partial charge < -0.3 is 10.5 Å². The Morgan fingerprint density at radius 3 is 3.13 bits per heavy atom. The Kier molecular flexibility index (Phi) is 3.09. The summed E-state index contributed by atoms with van der Waals surface area (Å²) in [4.78, 5) is 4.65. The lowest BCUT2D eigenvalue weighted by atomic mass is 9.97. The summed E-state index contributed by atoms with van der Waals surface area (Å²) in [6.45, 7) is 5.75. The minimum absolute atomic E-state index is 0.331. The van der Waals surface area contributed by atoms with E-state index in [1.54, 1.807) is 11.3 Å². The molecule has 1 saturated heterocycles. The Bertz CT molecular complexity index is 331. The number of aromatic nitrogens is 1. The monoisotopic (exact) mass is 226 g/mol. The third kappa shape index (κ3) is 2.07. The molecule has 2 atom stereocenters. The van der Waals surface area contributed by atoms with Crippen LogP contribution in [-0.2, 0) is 10.3 Å². The number of nitrogens with zero attached hydrogens (tertiary/aromatic N) is 1. The first kappa shape index (κ1) is 11.0. The van der Waals surface area contributed by atoms with Crippen molar-refractivity contribution in [1.82, 2.24) is 4.98 Å². The molecule has 2 rings (SSSR count). The van der Waals surface area contributed by atoms with E-state index in [-0.39, 0.29) is 5.54 Å². The molecule has 0 amide bonds. The molecular weight excluding hydrogens is 208 g/mol. The van der Waals surface area contributed by atoms with Crippen LogP contribution in [0.15, 0.2) is 5.38 Å². The van der Waals surface area contributed by atoms with Gasteiger partial charge in [-0.3, -0.25) is 0 Å². The Hall–Kier alpha value is -0.450. The fourth-order valence-corrected chi connectivity index (χ4v) is 2.77. The van der Waals surface area contributed by atoms with E-state index in [1.165, 1.54) is 5.01 Å². The average molecular weight is 226 g/mol. The fourth-order valence-electron chi connectivity index (χ4n) is 1.70. The first-order chi connectivity index (χ1) is 7.15. The molecule has 15 heavy (non-hydrogen) atoms. The maximum absolute atomic E-state index is 6.25. The molecule has 0 radical (unpaired) electrons. The molecule has 2 heterocycles. The number of hydrogen-bond donors (Lipinski definition) is 1. The summed E-state index contributed by atoms with van der Waals surface area (Å²) >= 11 is 1.72. The number of hydrogen-bond acceptors (Lipinski definition) is 4. The van der Waals surface area contributed by atoms with Crippen molar-refractivity contribution in [2.45, 2.75) is 38.1 Å². The molecule has 0 aromatic carbocycles. The van der Waals surface area contributed by atoms with Gasteiger partial charge in [-0.05, 0) is 12.8 Å². The van der Waals surface area contributed by atoms with Gasteiger partial charge in [-0.25, -0.2) is 4.98 Å². The normalized spacial score (nSPS) is 28.2. The quantitative estimate of drug-likeness (QED) is 0.859. The van der Waals surface area contributed by atoms with Crippen molar-refractivity contribution in [2.24, 2.45) is 5.73 Å². The summed E-state index contributed by atoms with van der Waals surface area (Å²) in [5.74, 6) is 0.537. The molecule has 0 spiro atoms. The summed E-state index contributed by atoms with van der Waals surface area (Å²) in [5.41, 5.74) is 6.94. The molecule has 4 heteroatoms. The molecule has 0 saturated carbocycles. The van der Waals surface area contributed by atoms with Crippen LogP contribution < -0.4 is 5.73 Å². The van der Waals surface area contributed by atoms with Crippen LogP contribution in [0.4, 0.5) is 0 Å². The Labute approximate surface area is 94.7 Å². The smallest absolute Gasteiger partial charge is 0.0957 e. The van der Waals surface area contributed by atoms with Crippen molar-refractivity contribution in [3.05, 3.63) is 16.1 Å². The van der Waals surface area contributed by atoms with E-state index in [9.17, 15) is 0 Å². The summed E-state index contributed by atoms with van der Waals surface area (Å²) in [6.07, 6.45) is 2.01. The van der Waals surface area contributed by atoms with Gasteiger partial charge in [-0.1, -0.05) is 13.8 Å². The molecular formula is C11H18N2OS. The van der Waals surface area contributed by atoms with E-state index in [1.807, 2.05) is 0 Å². The highest BCUT2D eigenvalue weighted by Crippen LogP contribution is 2.31. The van der Waals surface area contributed by atoms with Crippen LogP contribution in [0.5, 0.6) is 0 Å². The van der Waals surface area contributed by atoms with Gasteiger partial charge in [0.15, 0.2) is 0 Å². The van der Waals surface area contributed by atoms with E-state index in [4.69, 9.17) is 10.5 Å². The Morgan fingerprint density at radius 2 is 2.53 bits per heavy atom. The van der Waals surface area contributed by atoms with E-state index in [0.717, 1.165) is 25.1 Å². The van der Waals surface area contributed by atoms with Crippen molar-refractivity contribution in [2.75, 3.05) is 13.2 Å². The maximum Gasteiger partial charge on any atom is 0.0957 e. The van der Waals surface area contributed by atoms with Gasteiger partial charge in [0.2, 0.25) is 0 Å². The summed E-state index contributed by atoms with van der Waals surface area (Å²) in [6, 6.07) is 0. The number of rotatable bonds is 3. The first-order valence-corrected chi connectivity index (χ1v) is 6.36. The van der Waals surface area contributed by atoms with E-state index in [2.05, 4.69) is 24.2 Å². The predicted octanol–water partition coefficient (Wildman–Crippen LogP) is 2.23. The highest BCUT2D eigenvalue weighted by Gasteiger charge is 2.34. The fraction of sp³-hybridized carbons (Fsp3) is 0.727. The highest BCUT2D eigenvalue weighted by atomic mass is 32.1. The van der Waals surface area contributed by atoms with Crippen molar-refractivity contribution in [3.63, 3.8) is 0 Å². The molecule has 1 aliphatic heterocycles. The first-order valence-electron chi connectivity index (χ1n) is 5.48. The van der Waals surface area contributed by atoms with Crippen LogP contribution in [0.3, 0.4) is 0 Å². The number of thiazole rings is 1. The van der Waals surface area contributed by atoms with Crippen molar-refractivity contribution in [1.29, 1.82) is 0 Å². The van der Waals surface area contributed by atoms with Crippen molar-refractivity contribution >= 4 is 11.3 Å². The number of ether oxygens (including phenoxy) is 1. The lowest BCUT2D eigenvalue weighted by Crippen LogP contribution is -2.37. The van der Waals surface area contributed by atoms with Gasteiger partial charge in [0.1, 0.15) is 0 Å². The molecule has 0 bridgehead atoms. The van der Waals surface area contributed by atoms with Gasteiger partial charge >= 0.3 is 0 Å². The predicted molar refractivity (Wildman–Crippen MR) is 62.1 cm³/mol. The van der Waals surface area contributed by atoms with Gasteiger partial charge in [-0.2, -0.15) is 0 Å². The zero-order chi connectivity index (χ0) is 10.9. The summed E-state index contributed by atoms with van der Waals surface area (Å²) in [7, 11) is 0. The molecule has 1 aromatic rings. The molecule has 1 fully saturated rings. The summed E-state index contributed by atoms with van der Waals surface area (Å²) in [5, 5.41) is 3.29. The minimum Gasteiger partial charge on any atom is -0.379 e. The van der Waals surface area contributed by atoms with Gasteiger partial charge in [-0.15, -0.1) is 11.3 Å². The van der Waals surface area contributed by atoms with Gasteiger partial charge in [0.25, 0.3) is 0 Å². The largest absolute Gasteiger partial charge is 0.379 e. The standard InChI is InChI=1S/C11H18N2OS/c1-3-8(2)10-13-9(6-15-10)11(12)4-5-14-7-11/h6,8H,3-5,7,12H2,1-2H3. The second-order valence-corrected chi connectivity index (χ2v) is 5.23. The van der Waals surface area contributed by atoms with E-state index < -0.39 is 0 Å². The zero-order valence-electron chi connectivity index (χ0n) is 9.32.